The number of nitrogens with two attached hydrogens (primary N) is 1. The van der Waals surface area contributed by atoms with Crippen LogP contribution in [0.1, 0.15) is 50.4 Å². The molecule has 2 rings (SSSR count). The Bertz CT molecular complexity index is 496. The SMILES string of the molecule is CCNC(=O)c1ccc(NC2CCC(C)(C)C2)c(N)c1. The third-order valence-electron chi connectivity index (χ3n) is 3.98. The first-order valence-corrected chi connectivity index (χ1v) is 7.35. The van der Waals surface area contributed by atoms with Crippen LogP contribution in [0.5, 0.6) is 0 Å². The number of hydrogen-bond donors (Lipinski definition) is 3. The minimum absolute atomic E-state index is 0.0762. The van der Waals surface area contributed by atoms with Crippen molar-refractivity contribution in [2.75, 3.05) is 17.6 Å². The Balaban J connectivity index is 2.05. The zero-order valence-electron chi connectivity index (χ0n) is 12.6. The fraction of sp³-hybridized carbons (Fsp3) is 0.562. The van der Waals surface area contributed by atoms with Crippen LogP contribution in [0, 0.1) is 5.41 Å². The van der Waals surface area contributed by atoms with Gasteiger partial charge in [-0.2, -0.15) is 0 Å². The number of carbonyl (C=O) groups excluding carboxylic acids is 1. The van der Waals surface area contributed by atoms with Crippen LogP contribution >= 0.6 is 0 Å². The Morgan fingerprint density at radius 3 is 2.75 bits per heavy atom. The predicted octanol–water partition coefficient (Wildman–Crippen LogP) is 3.01. The van der Waals surface area contributed by atoms with E-state index in [4.69, 9.17) is 5.73 Å². The van der Waals surface area contributed by atoms with Crippen molar-refractivity contribution in [3.63, 3.8) is 0 Å². The van der Waals surface area contributed by atoms with Crippen molar-refractivity contribution in [1.29, 1.82) is 0 Å². The van der Waals surface area contributed by atoms with E-state index in [9.17, 15) is 4.79 Å². The Morgan fingerprint density at radius 1 is 1.45 bits per heavy atom. The number of benzene rings is 1. The van der Waals surface area contributed by atoms with Crippen molar-refractivity contribution < 1.29 is 4.79 Å². The second-order valence-electron chi connectivity index (χ2n) is 6.41. The maximum atomic E-state index is 11.8. The van der Waals surface area contributed by atoms with Crippen LogP contribution in [0.3, 0.4) is 0 Å². The highest BCUT2D eigenvalue weighted by Gasteiger charge is 2.30. The summed E-state index contributed by atoms with van der Waals surface area (Å²) in [5.74, 6) is -0.0762. The molecule has 4 heteroatoms. The van der Waals surface area contributed by atoms with Gasteiger partial charge < -0.3 is 16.4 Å². The Labute approximate surface area is 121 Å². The number of amides is 1. The van der Waals surface area contributed by atoms with E-state index < -0.39 is 0 Å². The van der Waals surface area contributed by atoms with Gasteiger partial charge >= 0.3 is 0 Å². The molecule has 1 amide bonds. The lowest BCUT2D eigenvalue weighted by atomic mass is 9.92. The summed E-state index contributed by atoms with van der Waals surface area (Å²) in [6, 6.07) is 5.95. The molecule has 1 unspecified atom stereocenters. The van der Waals surface area contributed by atoms with E-state index in [1.165, 1.54) is 12.8 Å². The lowest BCUT2D eigenvalue weighted by Crippen LogP contribution is -2.23. The van der Waals surface area contributed by atoms with Gasteiger partial charge in [0.1, 0.15) is 0 Å². The zero-order chi connectivity index (χ0) is 14.8. The smallest absolute Gasteiger partial charge is 0.251 e. The van der Waals surface area contributed by atoms with Crippen LogP contribution in [0.2, 0.25) is 0 Å². The largest absolute Gasteiger partial charge is 0.397 e. The summed E-state index contributed by atoms with van der Waals surface area (Å²) in [5.41, 5.74) is 8.65. The van der Waals surface area contributed by atoms with Gasteiger partial charge in [-0.25, -0.2) is 0 Å². The number of nitrogens with one attached hydrogen (secondary N) is 2. The first kappa shape index (κ1) is 14.7. The summed E-state index contributed by atoms with van der Waals surface area (Å²) in [4.78, 5) is 11.8. The maximum absolute atomic E-state index is 11.8. The molecule has 0 heterocycles. The van der Waals surface area contributed by atoms with Gasteiger partial charge in [-0.05, 0) is 49.8 Å². The summed E-state index contributed by atoms with van der Waals surface area (Å²) < 4.78 is 0. The second-order valence-corrected chi connectivity index (χ2v) is 6.41. The van der Waals surface area contributed by atoms with Gasteiger partial charge in [0.05, 0.1) is 11.4 Å². The molecule has 1 aliphatic rings. The highest BCUT2D eigenvalue weighted by Crippen LogP contribution is 2.38. The third kappa shape index (κ3) is 3.44. The first-order valence-electron chi connectivity index (χ1n) is 7.35. The van der Waals surface area contributed by atoms with Gasteiger partial charge in [0.25, 0.3) is 5.91 Å². The van der Waals surface area contributed by atoms with Gasteiger partial charge in [0, 0.05) is 18.2 Å². The highest BCUT2D eigenvalue weighted by molar-refractivity contribution is 5.96. The van der Waals surface area contributed by atoms with Gasteiger partial charge in [-0.15, -0.1) is 0 Å². The van der Waals surface area contributed by atoms with Crippen LogP contribution in [-0.4, -0.2) is 18.5 Å². The molecule has 0 aromatic heterocycles. The van der Waals surface area contributed by atoms with Crippen molar-refractivity contribution in [2.45, 2.75) is 46.1 Å². The minimum Gasteiger partial charge on any atom is -0.397 e. The number of carbonyl (C=O) groups is 1. The van der Waals surface area contributed by atoms with E-state index in [1.54, 1.807) is 6.07 Å². The molecule has 0 aliphatic heterocycles. The fourth-order valence-electron chi connectivity index (χ4n) is 2.88. The number of rotatable bonds is 4. The molecular formula is C16H25N3O. The monoisotopic (exact) mass is 275 g/mol. The van der Waals surface area contributed by atoms with Crippen LogP contribution in [-0.2, 0) is 0 Å². The molecule has 1 fully saturated rings. The Kier molecular flexibility index (Phi) is 4.21. The third-order valence-corrected chi connectivity index (χ3v) is 3.98. The van der Waals surface area contributed by atoms with Crippen molar-refractivity contribution in [2.24, 2.45) is 5.41 Å². The van der Waals surface area contributed by atoms with Gasteiger partial charge in [0.15, 0.2) is 0 Å². The molecule has 0 bridgehead atoms. The van der Waals surface area contributed by atoms with E-state index in [1.807, 2.05) is 19.1 Å². The summed E-state index contributed by atoms with van der Waals surface area (Å²) >= 11 is 0. The van der Waals surface area contributed by atoms with E-state index in [2.05, 4.69) is 24.5 Å². The summed E-state index contributed by atoms with van der Waals surface area (Å²) in [5, 5.41) is 6.28. The minimum atomic E-state index is -0.0762. The molecular weight excluding hydrogens is 250 g/mol. The average molecular weight is 275 g/mol. The molecule has 1 aliphatic carbocycles. The van der Waals surface area contributed by atoms with Crippen molar-refractivity contribution in [1.82, 2.24) is 5.32 Å². The quantitative estimate of drug-likeness (QED) is 0.740. The molecule has 4 N–H and O–H groups in total. The molecule has 1 atom stereocenters. The molecule has 20 heavy (non-hydrogen) atoms. The average Bonchev–Trinajstić information content (AvgIpc) is 2.71. The second kappa shape index (κ2) is 5.73. The summed E-state index contributed by atoms with van der Waals surface area (Å²) in [7, 11) is 0. The maximum Gasteiger partial charge on any atom is 0.251 e. The predicted molar refractivity (Wildman–Crippen MR) is 83.9 cm³/mol. The molecule has 110 valence electrons. The lowest BCUT2D eigenvalue weighted by Gasteiger charge is -2.19. The van der Waals surface area contributed by atoms with Gasteiger partial charge in [-0.1, -0.05) is 13.8 Å². The molecule has 0 saturated heterocycles. The number of hydrogen-bond acceptors (Lipinski definition) is 3. The molecule has 1 aromatic rings. The molecule has 1 aromatic carbocycles. The molecule has 0 spiro atoms. The summed E-state index contributed by atoms with van der Waals surface area (Å²) in [6.45, 7) is 7.13. The van der Waals surface area contributed by atoms with Crippen LogP contribution < -0.4 is 16.4 Å². The van der Waals surface area contributed by atoms with Crippen molar-refractivity contribution in [3.05, 3.63) is 23.8 Å². The van der Waals surface area contributed by atoms with Crippen LogP contribution in [0.15, 0.2) is 18.2 Å². The lowest BCUT2D eigenvalue weighted by molar-refractivity contribution is 0.0956. The molecule has 4 nitrogen and oxygen atoms in total. The van der Waals surface area contributed by atoms with Crippen LogP contribution in [0.4, 0.5) is 11.4 Å². The summed E-state index contributed by atoms with van der Waals surface area (Å²) in [6.07, 6.45) is 3.57. The van der Waals surface area contributed by atoms with Crippen molar-refractivity contribution in [3.8, 4) is 0 Å². The van der Waals surface area contributed by atoms with E-state index >= 15 is 0 Å². The van der Waals surface area contributed by atoms with E-state index in [0.29, 0.717) is 29.3 Å². The Morgan fingerprint density at radius 2 is 2.20 bits per heavy atom. The topological polar surface area (TPSA) is 67.2 Å². The van der Waals surface area contributed by atoms with Crippen molar-refractivity contribution >= 4 is 17.3 Å². The number of nitrogen functional groups attached to an aromatic ring is 1. The zero-order valence-corrected chi connectivity index (χ0v) is 12.6. The van der Waals surface area contributed by atoms with E-state index in [-0.39, 0.29) is 5.91 Å². The van der Waals surface area contributed by atoms with E-state index in [0.717, 1.165) is 12.1 Å². The van der Waals surface area contributed by atoms with Gasteiger partial charge in [0.2, 0.25) is 0 Å². The molecule has 1 saturated carbocycles. The van der Waals surface area contributed by atoms with Gasteiger partial charge in [-0.3, -0.25) is 4.79 Å². The standard InChI is InChI=1S/C16H25N3O/c1-4-18-15(20)11-5-6-14(13(17)9-11)19-12-7-8-16(2,3)10-12/h5-6,9,12,19H,4,7-8,10,17H2,1-3H3,(H,18,20). The van der Waals surface area contributed by atoms with Crippen LogP contribution in [0.25, 0.3) is 0 Å². The normalized spacial score (nSPS) is 20.6. The Hall–Kier alpha value is -1.71. The highest BCUT2D eigenvalue weighted by atomic mass is 16.1. The number of anilines is 2. The fourth-order valence-corrected chi connectivity index (χ4v) is 2.88. The first-order chi connectivity index (χ1) is 9.41. The molecule has 0 radical (unpaired) electrons.